The van der Waals surface area contributed by atoms with Gasteiger partial charge in [0.1, 0.15) is 12.4 Å². The van der Waals surface area contributed by atoms with Gasteiger partial charge in [-0.25, -0.2) is 12.8 Å². The molecule has 0 fully saturated rings. The Hall–Kier alpha value is -2.52. The van der Waals surface area contributed by atoms with Crippen molar-refractivity contribution in [2.45, 2.75) is 18.2 Å². The van der Waals surface area contributed by atoms with Crippen LogP contribution in [0.3, 0.4) is 0 Å². The van der Waals surface area contributed by atoms with Crippen molar-refractivity contribution in [3.63, 3.8) is 0 Å². The van der Waals surface area contributed by atoms with Crippen LogP contribution in [0.5, 0.6) is 11.5 Å². The van der Waals surface area contributed by atoms with Crippen LogP contribution in [0.4, 0.5) is 10.1 Å². The molecule has 0 atom stereocenters. The number of benzene rings is 2. The fourth-order valence-corrected chi connectivity index (χ4v) is 4.11. The number of carbonyl (C=O) groups is 1. The number of carbonyl (C=O) groups excluding carboxylic acids is 1. The molecule has 158 valence electrons. The largest absolute Gasteiger partial charge is 0.493 e. The molecule has 0 radical (unpaired) electrons. The standard InChI is InChI=1S/C19H22ClFN2O5S/c1-4-9-22-19(24)12-23(13-5-7-16(21)15(20)10-13)29(25,26)14-6-8-17(27-2)18(11-14)28-3/h5-8,10-11H,4,9,12H2,1-3H3,(H,22,24). The molecule has 0 unspecified atom stereocenters. The van der Waals surface area contributed by atoms with Crippen LogP contribution in [0.25, 0.3) is 0 Å². The Bertz CT molecular complexity index is 985. The van der Waals surface area contributed by atoms with E-state index in [1.165, 1.54) is 38.5 Å². The molecule has 0 saturated heterocycles. The lowest BCUT2D eigenvalue weighted by molar-refractivity contribution is -0.119. The second kappa shape index (κ2) is 9.80. The summed E-state index contributed by atoms with van der Waals surface area (Å²) in [6.07, 6.45) is 0.691. The minimum atomic E-state index is -4.21. The van der Waals surface area contributed by atoms with Gasteiger partial charge in [0.15, 0.2) is 11.5 Å². The van der Waals surface area contributed by atoms with Crippen molar-refractivity contribution in [1.82, 2.24) is 5.32 Å². The summed E-state index contributed by atoms with van der Waals surface area (Å²) in [7, 11) is -1.40. The third-order valence-corrected chi connectivity index (χ3v) is 6.05. The lowest BCUT2D eigenvalue weighted by atomic mass is 10.3. The molecule has 0 spiro atoms. The predicted octanol–water partition coefficient (Wildman–Crippen LogP) is 3.22. The predicted molar refractivity (Wildman–Crippen MR) is 109 cm³/mol. The van der Waals surface area contributed by atoms with Crippen molar-refractivity contribution < 1.29 is 27.1 Å². The van der Waals surface area contributed by atoms with E-state index in [2.05, 4.69) is 5.32 Å². The summed E-state index contributed by atoms with van der Waals surface area (Å²) in [5.41, 5.74) is 0.0535. The zero-order valence-electron chi connectivity index (χ0n) is 16.2. The van der Waals surface area contributed by atoms with E-state index in [-0.39, 0.29) is 21.4 Å². The molecule has 7 nitrogen and oxygen atoms in total. The first-order valence-corrected chi connectivity index (χ1v) is 10.5. The van der Waals surface area contributed by atoms with Crippen LogP contribution in [0.2, 0.25) is 5.02 Å². The number of methoxy groups -OCH3 is 2. The maximum Gasteiger partial charge on any atom is 0.264 e. The van der Waals surface area contributed by atoms with Crippen LogP contribution >= 0.6 is 11.6 Å². The zero-order valence-corrected chi connectivity index (χ0v) is 17.8. The van der Waals surface area contributed by atoms with Crippen LogP contribution in [0.15, 0.2) is 41.3 Å². The molecular weight excluding hydrogens is 423 g/mol. The highest BCUT2D eigenvalue weighted by molar-refractivity contribution is 7.92. The van der Waals surface area contributed by atoms with Gasteiger partial charge in [-0.3, -0.25) is 9.10 Å². The van der Waals surface area contributed by atoms with Crippen molar-refractivity contribution in [3.8, 4) is 11.5 Å². The van der Waals surface area contributed by atoms with E-state index >= 15 is 0 Å². The van der Waals surface area contributed by atoms with E-state index in [4.69, 9.17) is 21.1 Å². The molecule has 0 aromatic heterocycles. The number of ether oxygens (including phenoxy) is 2. The van der Waals surface area contributed by atoms with Gasteiger partial charge >= 0.3 is 0 Å². The highest BCUT2D eigenvalue weighted by Crippen LogP contribution is 2.33. The van der Waals surface area contributed by atoms with E-state index in [0.29, 0.717) is 18.7 Å². The highest BCUT2D eigenvalue weighted by atomic mass is 35.5. The summed E-state index contributed by atoms with van der Waals surface area (Å²) in [6.45, 7) is 1.77. The minimum Gasteiger partial charge on any atom is -0.493 e. The quantitative estimate of drug-likeness (QED) is 0.642. The molecule has 0 aliphatic rings. The molecular formula is C19H22ClFN2O5S. The van der Waals surface area contributed by atoms with Crippen LogP contribution in [0, 0.1) is 5.82 Å². The van der Waals surface area contributed by atoms with Crippen molar-refractivity contribution in [2.24, 2.45) is 0 Å². The van der Waals surface area contributed by atoms with E-state index < -0.39 is 28.3 Å². The monoisotopic (exact) mass is 444 g/mol. The number of hydrogen-bond donors (Lipinski definition) is 1. The number of nitrogens with zero attached hydrogens (tertiary/aromatic N) is 1. The number of anilines is 1. The van der Waals surface area contributed by atoms with Gasteiger partial charge in [0.05, 0.1) is 29.8 Å². The minimum absolute atomic E-state index is 0.0535. The molecule has 2 aromatic carbocycles. The number of sulfonamides is 1. The first-order valence-electron chi connectivity index (χ1n) is 8.71. The molecule has 1 amide bonds. The zero-order chi connectivity index (χ0) is 21.6. The second-order valence-corrected chi connectivity index (χ2v) is 8.25. The maximum atomic E-state index is 13.6. The number of rotatable bonds is 9. The van der Waals surface area contributed by atoms with E-state index in [1.54, 1.807) is 0 Å². The molecule has 0 saturated carbocycles. The van der Waals surface area contributed by atoms with Gasteiger partial charge in [-0.2, -0.15) is 0 Å². The van der Waals surface area contributed by atoms with E-state index in [9.17, 15) is 17.6 Å². The average Bonchev–Trinajstić information content (AvgIpc) is 2.71. The maximum absolute atomic E-state index is 13.6. The Morgan fingerprint density at radius 2 is 1.83 bits per heavy atom. The van der Waals surface area contributed by atoms with Crippen molar-refractivity contribution in [2.75, 3.05) is 31.6 Å². The number of hydrogen-bond acceptors (Lipinski definition) is 5. The van der Waals surface area contributed by atoms with Crippen LogP contribution < -0.4 is 19.1 Å². The van der Waals surface area contributed by atoms with Gasteiger partial charge in [0.2, 0.25) is 5.91 Å². The highest BCUT2D eigenvalue weighted by Gasteiger charge is 2.28. The molecule has 0 aliphatic carbocycles. The Morgan fingerprint density at radius 1 is 1.14 bits per heavy atom. The Labute approximate surface area is 174 Å². The van der Waals surface area contributed by atoms with E-state index in [0.717, 1.165) is 16.4 Å². The van der Waals surface area contributed by atoms with Crippen LogP contribution in [-0.2, 0) is 14.8 Å². The average molecular weight is 445 g/mol. The van der Waals surface area contributed by atoms with Gasteiger partial charge in [-0.15, -0.1) is 0 Å². The van der Waals surface area contributed by atoms with Gasteiger partial charge in [0.25, 0.3) is 10.0 Å². The van der Waals surface area contributed by atoms with Gasteiger partial charge in [0, 0.05) is 12.6 Å². The summed E-state index contributed by atoms with van der Waals surface area (Å²) < 4.78 is 51.4. The molecule has 0 heterocycles. The first kappa shape index (κ1) is 22.8. The Balaban J connectivity index is 2.53. The molecule has 29 heavy (non-hydrogen) atoms. The van der Waals surface area contributed by atoms with Gasteiger partial charge in [-0.05, 0) is 36.8 Å². The normalized spacial score (nSPS) is 11.1. The topological polar surface area (TPSA) is 84.9 Å². The molecule has 0 aliphatic heterocycles. The molecule has 2 aromatic rings. The van der Waals surface area contributed by atoms with Crippen LogP contribution in [0.1, 0.15) is 13.3 Å². The fraction of sp³-hybridized carbons (Fsp3) is 0.316. The summed E-state index contributed by atoms with van der Waals surface area (Å²) in [5, 5.41) is 2.37. The van der Waals surface area contributed by atoms with Crippen molar-refractivity contribution in [1.29, 1.82) is 0 Å². The SMILES string of the molecule is CCCNC(=O)CN(c1ccc(F)c(Cl)c1)S(=O)(=O)c1ccc(OC)c(OC)c1. The Morgan fingerprint density at radius 3 is 2.41 bits per heavy atom. The third-order valence-electron chi connectivity index (χ3n) is 3.99. The summed E-state index contributed by atoms with van der Waals surface area (Å²) in [6, 6.07) is 7.50. The van der Waals surface area contributed by atoms with Crippen LogP contribution in [-0.4, -0.2) is 41.6 Å². The number of nitrogens with one attached hydrogen (secondary N) is 1. The second-order valence-electron chi connectivity index (χ2n) is 5.98. The number of amides is 1. The van der Waals surface area contributed by atoms with Crippen molar-refractivity contribution >= 4 is 33.2 Å². The lowest BCUT2D eigenvalue weighted by Gasteiger charge is -2.24. The summed E-state index contributed by atoms with van der Waals surface area (Å²) >= 11 is 5.83. The summed E-state index contributed by atoms with van der Waals surface area (Å²) in [4.78, 5) is 12.1. The summed E-state index contributed by atoms with van der Waals surface area (Å²) in [5.74, 6) is -0.643. The molecule has 2 rings (SSSR count). The van der Waals surface area contributed by atoms with Gasteiger partial charge < -0.3 is 14.8 Å². The van der Waals surface area contributed by atoms with E-state index in [1.807, 2.05) is 6.92 Å². The molecule has 0 bridgehead atoms. The van der Waals surface area contributed by atoms with Crippen molar-refractivity contribution in [3.05, 3.63) is 47.2 Å². The number of halogens is 2. The molecule has 1 N–H and O–H groups in total. The lowest BCUT2D eigenvalue weighted by Crippen LogP contribution is -2.41. The Kier molecular flexibility index (Phi) is 7.69. The molecule has 10 heteroatoms. The fourth-order valence-electron chi connectivity index (χ4n) is 2.51. The third kappa shape index (κ3) is 5.30. The van der Waals surface area contributed by atoms with Gasteiger partial charge in [-0.1, -0.05) is 18.5 Å². The smallest absolute Gasteiger partial charge is 0.264 e. The first-order chi connectivity index (χ1) is 13.7.